The maximum Gasteiger partial charge on any atom is 0.238 e. The first-order valence-electron chi connectivity index (χ1n) is 5.39. The fraction of sp³-hybridized carbons (Fsp3) is 0.636. The summed E-state index contributed by atoms with van der Waals surface area (Å²) >= 11 is 4.89. The van der Waals surface area contributed by atoms with E-state index in [2.05, 4.69) is 27.3 Å². The lowest BCUT2D eigenvalue weighted by molar-refractivity contribution is -0.119. The first-order valence-corrected chi connectivity index (χ1v) is 7.19. The molecule has 1 N–H and O–H groups in total. The number of hydrogen-bond donors (Lipinski definition) is 1. The van der Waals surface area contributed by atoms with Crippen LogP contribution in [0.4, 0.5) is 0 Å². The topological polar surface area (TPSA) is 52.9 Å². The summed E-state index contributed by atoms with van der Waals surface area (Å²) in [5, 5.41) is 13.3. The summed E-state index contributed by atoms with van der Waals surface area (Å²) in [6.45, 7) is 1.78. The summed E-state index contributed by atoms with van der Waals surface area (Å²) in [5.41, 5.74) is 0.786. The number of fused-ring (bicyclic) bond motifs is 1. The Morgan fingerprint density at radius 2 is 2.44 bits per heavy atom. The van der Waals surface area contributed by atoms with Crippen molar-refractivity contribution >= 4 is 33.6 Å². The average molecular weight is 301 g/mol. The molecular formula is C11H13BrN2OS. The molecule has 0 aromatic rings. The van der Waals surface area contributed by atoms with Crippen molar-refractivity contribution < 1.29 is 4.79 Å². The van der Waals surface area contributed by atoms with Crippen molar-refractivity contribution in [1.82, 2.24) is 5.32 Å². The summed E-state index contributed by atoms with van der Waals surface area (Å²) in [6.07, 6.45) is 3.44. The molecule has 1 aliphatic heterocycles. The van der Waals surface area contributed by atoms with E-state index in [9.17, 15) is 4.79 Å². The molecule has 1 heterocycles. The largest absolute Gasteiger partial charge is 0.319 e. The standard InChI is InChI=1S/C11H13BrN2OS/c1-6(12)10(15)14-11-8(5-13)7-3-2-4-9(7)16-11/h6-7,9H,2-4H2,1H3,(H,14,15). The molecular weight excluding hydrogens is 288 g/mol. The van der Waals surface area contributed by atoms with Crippen LogP contribution in [0.1, 0.15) is 26.2 Å². The monoisotopic (exact) mass is 300 g/mol. The summed E-state index contributed by atoms with van der Waals surface area (Å²) in [5.74, 6) is 0.297. The second-order valence-electron chi connectivity index (χ2n) is 4.15. The number of halogens is 1. The van der Waals surface area contributed by atoms with Gasteiger partial charge in [-0.15, -0.1) is 11.8 Å². The highest BCUT2D eigenvalue weighted by Crippen LogP contribution is 2.49. The summed E-state index contributed by atoms with van der Waals surface area (Å²) in [7, 11) is 0. The van der Waals surface area contributed by atoms with Gasteiger partial charge in [0.1, 0.15) is 0 Å². The molecule has 0 spiro atoms. The molecule has 1 saturated carbocycles. The Kier molecular flexibility index (Phi) is 3.60. The Balaban J connectivity index is 2.14. The third kappa shape index (κ3) is 2.14. The van der Waals surface area contributed by atoms with Crippen molar-refractivity contribution in [3.8, 4) is 6.07 Å². The van der Waals surface area contributed by atoms with Crippen molar-refractivity contribution in [2.75, 3.05) is 0 Å². The lowest BCUT2D eigenvalue weighted by Gasteiger charge is -2.08. The molecule has 3 unspecified atom stereocenters. The molecule has 1 fully saturated rings. The zero-order valence-electron chi connectivity index (χ0n) is 9.00. The molecule has 16 heavy (non-hydrogen) atoms. The van der Waals surface area contributed by atoms with Crippen LogP contribution in [0, 0.1) is 17.2 Å². The van der Waals surface area contributed by atoms with Gasteiger partial charge < -0.3 is 5.32 Å². The predicted octanol–water partition coefficient (Wildman–Crippen LogP) is 2.54. The van der Waals surface area contributed by atoms with Crippen LogP contribution in [0.25, 0.3) is 0 Å². The van der Waals surface area contributed by atoms with Gasteiger partial charge in [-0.05, 0) is 19.8 Å². The highest BCUT2D eigenvalue weighted by Gasteiger charge is 2.39. The Labute approximate surface area is 108 Å². The molecule has 0 bridgehead atoms. The van der Waals surface area contributed by atoms with E-state index in [1.807, 2.05) is 0 Å². The number of nitriles is 1. The van der Waals surface area contributed by atoms with Crippen LogP contribution < -0.4 is 5.32 Å². The Bertz CT molecular complexity index is 386. The minimum absolute atomic E-state index is 0.0739. The third-order valence-corrected chi connectivity index (χ3v) is 4.90. The first kappa shape index (κ1) is 12.0. The second kappa shape index (κ2) is 4.80. The molecule has 0 saturated heterocycles. The van der Waals surface area contributed by atoms with Crippen molar-refractivity contribution in [2.24, 2.45) is 5.92 Å². The normalized spacial score (nSPS) is 29.8. The fourth-order valence-corrected chi connectivity index (χ4v) is 3.84. The molecule has 0 aromatic heterocycles. The Morgan fingerprint density at radius 1 is 1.69 bits per heavy atom. The molecule has 86 valence electrons. The molecule has 3 nitrogen and oxygen atoms in total. The number of nitrogens with zero attached hydrogens (tertiary/aromatic N) is 1. The van der Waals surface area contributed by atoms with Crippen molar-refractivity contribution in [3.63, 3.8) is 0 Å². The van der Waals surface area contributed by atoms with Gasteiger partial charge in [0, 0.05) is 11.2 Å². The second-order valence-corrected chi connectivity index (χ2v) is 6.78. The van der Waals surface area contributed by atoms with Crippen molar-refractivity contribution in [1.29, 1.82) is 5.26 Å². The van der Waals surface area contributed by atoms with Crippen molar-refractivity contribution in [3.05, 3.63) is 10.6 Å². The predicted molar refractivity (Wildman–Crippen MR) is 67.9 cm³/mol. The van der Waals surface area contributed by atoms with Gasteiger partial charge in [0.2, 0.25) is 5.91 Å². The maximum atomic E-state index is 11.6. The molecule has 1 aliphatic carbocycles. The Hall–Kier alpha value is -0.470. The molecule has 0 radical (unpaired) electrons. The molecule has 2 rings (SSSR count). The quantitative estimate of drug-likeness (QED) is 0.797. The summed E-state index contributed by atoms with van der Waals surface area (Å²) in [6, 6.07) is 2.26. The number of amides is 1. The highest BCUT2D eigenvalue weighted by atomic mass is 79.9. The zero-order chi connectivity index (χ0) is 11.7. The van der Waals surface area contributed by atoms with E-state index in [1.54, 1.807) is 18.7 Å². The van der Waals surface area contributed by atoms with Crippen LogP contribution in [0.5, 0.6) is 0 Å². The molecule has 2 aliphatic rings. The van der Waals surface area contributed by atoms with Gasteiger partial charge in [-0.25, -0.2) is 0 Å². The van der Waals surface area contributed by atoms with E-state index >= 15 is 0 Å². The van der Waals surface area contributed by atoms with E-state index in [0.717, 1.165) is 23.4 Å². The molecule has 5 heteroatoms. The summed E-state index contributed by atoms with van der Waals surface area (Å²) in [4.78, 5) is 11.3. The SMILES string of the molecule is CC(Br)C(=O)NC1=C(C#N)C2CCCC2S1. The molecule has 0 aromatic carbocycles. The van der Waals surface area contributed by atoms with Crippen LogP contribution in [-0.2, 0) is 4.79 Å². The van der Waals surface area contributed by atoms with Crippen LogP contribution in [-0.4, -0.2) is 16.0 Å². The van der Waals surface area contributed by atoms with Gasteiger partial charge in [-0.2, -0.15) is 5.26 Å². The average Bonchev–Trinajstić information content (AvgIpc) is 2.77. The van der Waals surface area contributed by atoms with Gasteiger partial charge in [0.15, 0.2) is 0 Å². The highest BCUT2D eigenvalue weighted by molar-refractivity contribution is 9.10. The Morgan fingerprint density at radius 3 is 3.06 bits per heavy atom. The minimum atomic E-state index is -0.221. The molecule has 3 atom stereocenters. The van der Waals surface area contributed by atoms with E-state index in [-0.39, 0.29) is 10.7 Å². The number of allylic oxidation sites excluding steroid dienone is 1. The zero-order valence-corrected chi connectivity index (χ0v) is 11.4. The maximum absolute atomic E-state index is 11.6. The number of thioether (sulfide) groups is 1. The fourth-order valence-electron chi connectivity index (χ4n) is 2.22. The lowest BCUT2D eigenvalue weighted by Crippen LogP contribution is -2.28. The third-order valence-electron chi connectivity index (χ3n) is 3.06. The van der Waals surface area contributed by atoms with Crippen LogP contribution in [0.3, 0.4) is 0 Å². The summed E-state index contributed by atoms with van der Waals surface area (Å²) < 4.78 is 0. The van der Waals surface area contributed by atoms with Gasteiger partial charge >= 0.3 is 0 Å². The van der Waals surface area contributed by atoms with Gasteiger partial charge in [0.05, 0.1) is 21.5 Å². The van der Waals surface area contributed by atoms with Crippen LogP contribution in [0.2, 0.25) is 0 Å². The minimum Gasteiger partial charge on any atom is -0.319 e. The number of rotatable bonds is 2. The van der Waals surface area contributed by atoms with E-state index in [4.69, 9.17) is 5.26 Å². The number of nitrogens with one attached hydrogen (secondary N) is 1. The van der Waals surface area contributed by atoms with E-state index in [0.29, 0.717) is 11.2 Å². The van der Waals surface area contributed by atoms with Gasteiger partial charge in [-0.3, -0.25) is 4.79 Å². The van der Waals surface area contributed by atoms with Gasteiger partial charge in [-0.1, -0.05) is 22.4 Å². The van der Waals surface area contributed by atoms with Gasteiger partial charge in [0.25, 0.3) is 0 Å². The number of alkyl halides is 1. The van der Waals surface area contributed by atoms with E-state index in [1.165, 1.54) is 6.42 Å². The van der Waals surface area contributed by atoms with Crippen molar-refractivity contribution in [2.45, 2.75) is 36.3 Å². The number of hydrogen-bond acceptors (Lipinski definition) is 3. The smallest absolute Gasteiger partial charge is 0.238 e. The number of carbonyl (C=O) groups is 1. The molecule has 1 amide bonds. The number of carbonyl (C=O) groups excluding carboxylic acids is 1. The first-order chi connectivity index (χ1) is 7.63. The van der Waals surface area contributed by atoms with E-state index < -0.39 is 0 Å². The lowest BCUT2D eigenvalue weighted by atomic mass is 9.99. The van der Waals surface area contributed by atoms with Crippen LogP contribution >= 0.6 is 27.7 Å². The van der Waals surface area contributed by atoms with Crippen LogP contribution in [0.15, 0.2) is 10.6 Å².